The van der Waals surface area contributed by atoms with Crippen molar-refractivity contribution < 1.29 is 19.2 Å². The van der Waals surface area contributed by atoms with Gasteiger partial charge in [0.25, 0.3) is 0 Å². The van der Waals surface area contributed by atoms with Gasteiger partial charge in [0.2, 0.25) is 0 Å². The van der Waals surface area contributed by atoms with E-state index in [1.165, 1.54) is 24.0 Å². The van der Waals surface area contributed by atoms with Crippen LogP contribution >= 0.6 is 0 Å². The number of pyridine rings is 2. The van der Waals surface area contributed by atoms with Crippen LogP contribution < -0.4 is 0 Å². The van der Waals surface area contributed by atoms with Crippen LogP contribution in [0.1, 0.15) is 60.1 Å². The third-order valence-electron chi connectivity index (χ3n) is 14.1. The zero-order chi connectivity index (χ0) is 35.5. The molecule has 10 unspecified atom stereocenters. The molecular formula is C46H52N4O2+2. The van der Waals surface area contributed by atoms with Crippen LogP contribution in [0.2, 0.25) is 0 Å². The Morgan fingerprint density at radius 1 is 0.635 bits per heavy atom. The van der Waals surface area contributed by atoms with Crippen LogP contribution in [0.15, 0.2) is 123 Å². The average Bonchev–Trinajstić information content (AvgIpc) is 3.19. The van der Waals surface area contributed by atoms with Crippen LogP contribution in [0.25, 0.3) is 21.8 Å². The highest BCUT2D eigenvalue weighted by molar-refractivity contribution is 5.83. The molecule has 6 saturated heterocycles. The maximum atomic E-state index is 12.3. The Morgan fingerprint density at radius 2 is 1.10 bits per heavy atom. The van der Waals surface area contributed by atoms with Gasteiger partial charge in [0.1, 0.15) is 37.4 Å². The Morgan fingerprint density at radius 3 is 1.56 bits per heavy atom. The summed E-state index contributed by atoms with van der Waals surface area (Å²) in [4.78, 5) is 9.21. The third kappa shape index (κ3) is 5.63. The van der Waals surface area contributed by atoms with Gasteiger partial charge in [-0.05, 0) is 53.3 Å². The number of rotatable bonds is 10. The molecule has 6 heteroatoms. The number of aliphatic hydroxyl groups excluding tert-OH is 2. The van der Waals surface area contributed by atoms with Gasteiger partial charge >= 0.3 is 0 Å². The van der Waals surface area contributed by atoms with Crippen molar-refractivity contribution in [3.8, 4) is 0 Å². The Labute approximate surface area is 308 Å². The minimum absolute atomic E-state index is 0.107. The first-order valence-electron chi connectivity index (χ1n) is 19.5. The number of fused-ring (bicyclic) bond motifs is 8. The molecule has 10 atom stereocenters. The summed E-state index contributed by atoms with van der Waals surface area (Å²) < 4.78 is 1.76. The predicted octanol–water partition coefficient (Wildman–Crippen LogP) is 8.07. The molecule has 6 nitrogen and oxygen atoms in total. The fraction of sp³-hybridized carbons (Fsp3) is 0.391. The monoisotopic (exact) mass is 692 g/mol. The van der Waals surface area contributed by atoms with Crippen molar-refractivity contribution in [2.45, 2.75) is 63.1 Å². The van der Waals surface area contributed by atoms with Crippen molar-refractivity contribution in [3.63, 3.8) is 0 Å². The van der Waals surface area contributed by atoms with Gasteiger partial charge in [-0.1, -0.05) is 66.7 Å². The Bertz CT molecular complexity index is 1980. The van der Waals surface area contributed by atoms with Gasteiger partial charge in [-0.2, -0.15) is 0 Å². The topological polar surface area (TPSA) is 66.2 Å². The highest BCUT2D eigenvalue weighted by Crippen LogP contribution is 2.50. The minimum atomic E-state index is -0.569. The summed E-state index contributed by atoms with van der Waals surface area (Å²) in [5.74, 6) is 2.05. The number of benzene rings is 3. The minimum Gasteiger partial charge on any atom is -0.382 e. The molecule has 5 aromatic rings. The first-order valence-corrected chi connectivity index (χ1v) is 19.5. The van der Waals surface area contributed by atoms with E-state index in [-0.39, 0.29) is 12.1 Å². The van der Waals surface area contributed by atoms with Crippen molar-refractivity contribution in [2.24, 2.45) is 23.7 Å². The molecule has 0 amide bonds. The summed E-state index contributed by atoms with van der Waals surface area (Å²) in [6, 6.07) is 30.0. The van der Waals surface area contributed by atoms with Gasteiger partial charge < -0.3 is 19.2 Å². The van der Waals surface area contributed by atoms with Crippen LogP contribution in [0.5, 0.6) is 0 Å². The van der Waals surface area contributed by atoms with Crippen molar-refractivity contribution in [1.82, 2.24) is 9.97 Å². The van der Waals surface area contributed by atoms with Crippen LogP contribution in [0, 0.1) is 23.7 Å². The van der Waals surface area contributed by atoms with E-state index >= 15 is 0 Å². The molecule has 2 aromatic heterocycles. The molecule has 8 heterocycles. The molecule has 266 valence electrons. The Kier molecular flexibility index (Phi) is 8.62. The number of quaternary nitrogens is 2. The van der Waals surface area contributed by atoms with Gasteiger partial charge in [0.05, 0.1) is 37.2 Å². The lowest BCUT2D eigenvalue weighted by molar-refractivity contribution is -0.985. The maximum Gasteiger partial charge on any atom is 0.131 e. The molecule has 3 aromatic carbocycles. The largest absolute Gasteiger partial charge is 0.382 e. The Balaban J connectivity index is 1.04. The summed E-state index contributed by atoms with van der Waals surface area (Å²) >= 11 is 0. The number of piperidine rings is 6. The quantitative estimate of drug-likeness (QED) is 0.115. The Hall–Kier alpha value is -4.20. The number of aliphatic hydroxyl groups is 2. The van der Waals surface area contributed by atoms with Gasteiger partial charge in [-0.15, -0.1) is 13.2 Å². The number of hydrogen-bond acceptors (Lipinski definition) is 4. The highest BCUT2D eigenvalue weighted by Gasteiger charge is 2.55. The molecule has 11 rings (SSSR count). The molecular weight excluding hydrogens is 641 g/mol. The zero-order valence-electron chi connectivity index (χ0n) is 30.2. The molecule has 52 heavy (non-hydrogen) atoms. The van der Waals surface area contributed by atoms with Crippen LogP contribution in [0.3, 0.4) is 0 Å². The number of nitrogens with zero attached hydrogens (tertiary/aromatic N) is 4. The molecule has 2 N–H and O–H groups in total. The molecule has 0 saturated carbocycles. The van der Waals surface area contributed by atoms with Gasteiger partial charge in [0, 0.05) is 71.8 Å². The van der Waals surface area contributed by atoms with E-state index in [1.807, 2.05) is 60.9 Å². The second-order valence-corrected chi connectivity index (χ2v) is 16.6. The summed E-state index contributed by atoms with van der Waals surface area (Å²) in [6.45, 7) is 14.5. The van der Waals surface area contributed by atoms with E-state index in [2.05, 4.69) is 71.7 Å². The van der Waals surface area contributed by atoms with E-state index in [9.17, 15) is 10.2 Å². The normalized spacial score (nSPS) is 32.1. The lowest BCUT2D eigenvalue weighted by Crippen LogP contribution is -2.67. The fourth-order valence-electron chi connectivity index (χ4n) is 11.5. The maximum absolute atomic E-state index is 12.3. The fourth-order valence-corrected chi connectivity index (χ4v) is 11.5. The predicted molar refractivity (Wildman–Crippen MR) is 208 cm³/mol. The van der Waals surface area contributed by atoms with E-state index in [1.54, 1.807) is 0 Å². The van der Waals surface area contributed by atoms with Gasteiger partial charge in [-0.25, -0.2) is 0 Å². The van der Waals surface area contributed by atoms with E-state index in [4.69, 9.17) is 0 Å². The third-order valence-corrected chi connectivity index (χ3v) is 14.1. The molecule has 4 bridgehead atoms. The van der Waals surface area contributed by atoms with Crippen molar-refractivity contribution in [3.05, 3.63) is 145 Å². The van der Waals surface area contributed by atoms with Crippen molar-refractivity contribution >= 4 is 21.8 Å². The second kappa shape index (κ2) is 13.3. The van der Waals surface area contributed by atoms with E-state index < -0.39 is 12.2 Å². The summed E-state index contributed by atoms with van der Waals surface area (Å²) in [5.41, 5.74) is 6.54. The van der Waals surface area contributed by atoms with E-state index in [0.29, 0.717) is 23.7 Å². The van der Waals surface area contributed by atoms with Gasteiger partial charge in [0.15, 0.2) is 0 Å². The molecule has 0 aliphatic carbocycles. The van der Waals surface area contributed by atoms with Crippen molar-refractivity contribution in [1.29, 1.82) is 0 Å². The number of hydrogen-bond donors (Lipinski definition) is 2. The first kappa shape index (κ1) is 33.6. The van der Waals surface area contributed by atoms with Crippen molar-refractivity contribution in [2.75, 3.05) is 26.2 Å². The first-order chi connectivity index (χ1) is 25.4. The van der Waals surface area contributed by atoms with E-state index in [0.717, 1.165) is 94.0 Å². The van der Waals surface area contributed by atoms with Crippen LogP contribution in [-0.4, -0.2) is 67.4 Å². The average molecular weight is 693 g/mol. The zero-order valence-corrected chi connectivity index (χ0v) is 30.2. The lowest BCUT2D eigenvalue weighted by atomic mass is 9.71. The number of aromatic nitrogens is 2. The lowest BCUT2D eigenvalue weighted by Gasteiger charge is -2.58. The summed E-state index contributed by atoms with van der Waals surface area (Å²) in [5, 5.41) is 26.7. The number of para-hydroxylation sites is 2. The molecule has 6 fully saturated rings. The summed E-state index contributed by atoms with van der Waals surface area (Å²) in [7, 11) is 0. The van der Waals surface area contributed by atoms with Gasteiger partial charge in [-0.3, -0.25) is 9.97 Å². The highest BCUT2D eigenvalue weighted by atomic mass is 16.3. The second-order valence-electron chi connectivity index (χ2n) is 16.6. The summed E-state index contributed by atoms with van der Waals surface area (Å²) in [6.07, 6.45) is 11.3. The SMILES string of the molecule is C=CC1C[N+]2(Cc3cccc(C[N+]45CCC(CC4C(O)c4ccnc6ccccc46)C(C=C)C5)c3)CCC1CC2C(O)c1ccnc2ccccc12. The van der Waals surface area contributed by atoms with Crippen LogP contribution in [0.4, 0.5) is 0 Å². The smallest absolute Gasteiger partial charge is 0.131 e. The molecule has 0 spiro atoms. The molecule has 0 radical (unpaired) electrons. The molecule has 6 aliphatic rings. The standard InChI is InChI=1S/C46H52N4O2/c1-3-33-29-49(22-18-35(33)25-43(49)45(51)39-16-20-47-41-14-7-5-12-37(39)41)27-31-10-9-11-32(24-31)28-50-23-19-36(34(4-2)30-50)26-44(50)46(52)40-17-21-48-42-15-8-6-13-38(40)42/h3-17,20-21,24,33-36,43-46,51-52H,1-2,18-19,22-23,25-30H2/q+2. The van der Waals surface area contributed by atoms with Crippen LogP contribution in [-0.2, 0) is 13.1 Å². The molecule has 6 aliphatic heterocycles.